The molecule has 0 saturated carbocycles. The molecule has 3 aromatic rings. The van der Waals surface area contributed by atoms with E-state index < -0.39 is 0 Å². The quantitative estimate of drug-likeness (QED) is 0.545. The van der Waals surface area contributed by atoms with Gasteiger partial charge in [-0.3, -0.25) is 0 Å². The van der Waals surface area contributed by atoms with Gasteiger partial charge in [0.2, 0.25) is 0 Å². The van der Waals surface area contributed by atoms with Crippen molar-refractivity contribution in [2.24, 2.45) is 0 Å². The smallest absolute Gasteiger partial charge is 0.00893 e. The Labute approximate surface area is 134 Å². The lowest BCUT2D eigenvalue weighted by Crippen LogP contribution is -2.09. The largest absolute Gasteiger partial charge is 0.0803 e. The first-order valence-electron chi connectivity index (χ1n) is 7.59. The molecule has 0 heterocycles. The molecule has 0 N–H and O–H groups in total. The van der Waals surface area contributed by atoms with Gasteiger partial charge < -0.3 is 0 Å². The van der Waals surface area contributed by atoms with Gasteiger partial charge in [0.25, 0.3) is 0 Å². The van der Waals surface area contributed by atoms with Crippen LogP contribution in [0.5, 0.6) is 0 Å². The van der Waals surface area contributed by atoms with Gasteiger partial charge in [0.05, 0.1) is 0 Å². The zero-order valence-electron chi connectivity index (χ0n) is 13.4. The van der Waals surface area contributed by atoms with Crippen molar-refractivity contribution in [2.45, 2.75) is 6.92 Å². The SMILES string of the molecule is Cc1cc(-c2ccccc2)c(P(C)C)c(-c2ccccc2)c1. The molecular formula is C21H21P. The summed E-state index contributed by atoms with van der Waals surface area (Å²) in [6, 6.07) is 26.2. The maximum Gasteiger partial charge on any atom is -0.00893 e. The van der Waals surface area contributed by atoms with Crippen molar-refractivity contribution in [1.29, 1.82) is 0 Å². The van der Waals surface area contributed by atoms with E-state index >= 15 is 0 Å². The lowest BCUT2D eigenvalue weighted by Gasteiger charge is -2.20. The highest BCUT2D eigenvalue weighted by Gasteiger charge is 2.15. The number of rotatable bonds is 3. The molecule has 0 nitrogen and oxygen atoms in total. The Bertz CT molecular complexity index is 698. The zero-order chi connectivity index (χ0) is 15.5. The van der Waals surface area contributed by atoms with Crippen LogP contribution in [0.2, 0.25) is 0 Å². The summed E-state index contributed by atoms with van der Waals surface area (Å²) in [5.41, 5.74) is 6.72. The Morgan fingerprint density at radius 3 is 1.41 bits per heavy atom. The molecule has 0 fully saturated rings. The van der Waals surface area contributed by atoms with E-state index in [4.69, 9.17) is 0 Å². The maximum absolute atomic E-state index is 2.35. The summed E-state index contributed by atoms with van der Waals surface area (Å²) < 4.78 is 0. The van der Waals surface area contributed by atoms with Gasteiger partial charge in [0, 0.05) is 0 Å². The van der Waals surface area contributed by atoms with Gasteiger partial charge in [0.15, 0.2) is 0 Å². The highest BCUT2D eigenvalue weighted by molar-refractivity contribution is 7.64. The first-order chi connectivity index (χ1) is 10.7. The minimum atomic E-state index is -0.197. The van der Waals surface area contributed by atoms with Crippen molar-refractivity contribution >= 4 is 13.2 Å². The average molecular weight is 304 g/mol. The molecule has 3 rings (SSSR count). The van der Waals surface area contributed by atoms with E-state index in [0.717, 1.165) is 0 Å². The van der Waals surface area contributed by atoms with E-state index in [0.29, 0.717) is 0 Å². The molecule has 0 spiro atoms. The first-order valence-corrected chi connectivity index (χ1v) is 9.83. The Morgan fingerprint density at radius 2 is 1.05 bits per heavy atom. The molecule has 0 unspecified atom stereocenters. The molecule has 0 atom stereocenters. The van der Waals surface area contributed by atoms with Crippen molar-refractivity contribution in [3.63, 3.8) is 0 Å². The van der Waals surface area contributed by atoms with Crippen molar-refractivity contribution in [3.05, 3.63) is 78.4 Å². The Morgan fingerprint density at radius 1 is 0.636 bits per heavy atom. The molecule has 0 amide bonds. The summed E-state index contributed by atoms with van der Waals surface area (Å²) in [4.78, 5) is 0. The first kappa shape index (κ1) is 15.0. The molecule has 0 bridgehead atoms. The zero-order valence-corrected chi connectivity index (χ0v) is 14.3. The fourth-order valence-corrected chi connectivity index (χ4v) is 4.29. The van der Waals surface area contributed by atoms with Crippen molar-refractivity contribution in [2.75, 3.05) is 13.3 Å². The van der Waals surface area contributed by atoms with Crippen LogP contribution in [-0.2, 0) is 0 Å². The molecule has 0 aliphatic heterocycles. The van der Waals surface area contributed by atoms with Crippen LogP contribution in [0.4, 0.5) is 0 Å². The van der Waals surface area contributed by atoms with E-state index in [1.54, 1.807) is 0 Å². The van der Waals surface area contributed by atoms with Crippen LogP contribution in [0.3, 0.4) is 0 Å². The molecule has 110 valence electrons. The monoisotopic (exact) mass is 304 g/mol. The molecule has 0 radical (unpaired) electrons. The van der Waals surface area contributed by atoms with Crippen LogP contribution in [0, 0.1) is 6.92 Å². The Hall–Kier alpha value is -1.91. The minimum absolute atomic E-state index is 0.197. The number of benzene rings is 3. The summed E-state index contributed by atoms with van der Waals surface area (Å²) in [7, 11) is -0.197. The van der Waals surface area contributed by atoms with Gasteiger partial charge in [-0.2, -0.15) is 0 Å². The summed E-state index contributed by atoms with van der Waals surface area (Å²) >= 11 is 0. The van der Waals surface area contributed by atoms with Crippen LogP contribution in [-0.4, -0.2) is 13.3 Å². The van der Waals surface area contributed by atoms with Crippen LogP contribution in [0.25, 0.3) is 22.3 Å². The Balaban J connectivity index is 2.30. The van der Waals surface area contributed by atoms with Crippen LogP contribution in [0.15, 0.2) is 72.8 Å². The van der Waals surface area contributed by atoms with Crippen molar-refractivity contribution in [3.8, 4) is 22.3 Å². The van der Waals surface area contributed by atoms with Crippen molar-refractivity contribution < 1.29 is 0 Å². The van der Waals surface area contributed by atoms with Gasteiger partial charge in [-0.25, -0.2) is 0 Å². The summed E-state index contributed by atoms with van der Waals surface area (Å²) in [6.07, 6.45) is 0. The third-order valence-corrected chi connectivity index (χ3v) is 5.25. The number of aryl methyl sites for hydroxylation is 1. The van der Waals surface area contributed by atoms with Gasteiger partial charge in [-0.05, 0) is 53.4 Å². The second-order valence-corrected chi connectivity index (χ2v) is 8.07. The van der Waals surface area contributed by atoms with Crippen LogP contribution >= 0.6 is 7.92 Å². The van der Waals surface area contributed by atoms with Crippen molar-refractivity contribution in [1.82, 2.24) is 0 Å². The summed E-state index contributed by atoms with van der Waals surface area (Å²) in [5.74, 6) is 0. The normalized spacial score (nSPS) is 10.9. The lowest BCUT2D eigenvalue weighted by atomic mass is 9.96. The minimum Gasteiger partial charge on any atom is -0.0803 e. The summed E-state index contributed by atoms with van der Waals surface area (Å²) in [5, 5.41) is 1.50. The van der Waals surface area contributed by atoms with Gasteiger partial charge in [-0.15, -0.1) is 0 Å². The predicted octanol–water partition coefficient (Wildman–Crippen LogP) is 5.70. The van der Waals surface area contributed by atoms with Gasteiger partial charge in [-0.1, -0.05) is 80.7 Å². The second-order valence-electron chi connectivity index (χ2n) is 5.84. The van der Waals surface area contributed by atoms with Gasteiger partial charge in [0.1, 0.15) is 0 Å². The van der Waals surface area contributed by atoms with E-state index in [1.807, 2.05) is 0 Å². The topological polar surface area (TPSA) is 0 Å². The van der Waals surface area contributed by atoms with E-state index in [9.17, 15) is 0 Å². The van der Waals surface area contributed by atoms with Gasteiger partial charge >= 0.3 is 0 Å². The standard InChI is InChI=1S/C21H21P/c1-16-14-19(17-10-6-4-7-11-17)21(22(2)3)20(15-16)18-12-8-5-9-13-18/h4-15H,1-3H3. The summed E-state index contributed by atoms with van der Waals surface area (Å²) in [6.45, 7) is 6.88. The molecule has 3 aromatic carbocycles. The third kappa shape index (κ3) is 2.98. The highest BCUT2D eigenvalue weighted by atomic mass is 31.1. The van der Waals surface area contributed by atoms with Crippen LogP contribution < -0.4 is 5.30 Å². The lowest BCUT2D eigenvalue weighted by molar-refractivity contribution is 1.47. The molecule has 0 aliphatic carbocycles. The molecule has 22 heavy (non-hydrogen) atoms. The molecule has 0 saturated heterocycles. The maximum atomic E-state index is 2.35. The number of hydrogen-bond donors (Lipinski definition) is 0. The van der Waals surface area contributed by atoms with Crippen LogP contribution in [0.1, 0.15) is 5.56 Å². The fourth-order valence-electron chi connectivity index (χ4n) is 2.94. The van der Waals surface area contributed by atoms with E-state index in [-0.39, 0.29) is 7.92 Å². The molecule has 1 heteroatoms. The molecule has 0 aromatic heterocycles. The average Bonchev–Trinajstić information content (AvgIpc) is 2.55. The fraction of sp³-hybridized carbons (Fsp3) is 0.143. The Kier molecular flexibility index (Phi) is 4.41. The predicted molar refractivity (Wildman–Crippen MR) is 100 cm³/mol. The molecule has 0 aliphatic rings. The molecular weight excluding hydrogens is 283 g/mol. The second kappa shape index (κ2) is 6.46. The van der Waals surface area contributed by atoms with E-state index in [1.165, 1.54) is 33.1 Å². The number of hydrogen-bond acceptors (Lipinski definition) is 0. The third-order valence-electron chi connectivity index (χ3n) is 3.87. The highest BCUT2D eigenvalue weighted by Crippen LogP contribution is 2.37. The van der Waals surface area contributed by atoms with E-state index in [2.05, 4.69) is 93.0 Å².